The van der Waals surface area contributed by atoms with Crippen molar-refractivity contribution in [3.63, 3.8) is 0 Å². The number of likely N-dealkylation sites (N-methyl/N-ethyl adjacent to an activating group) is 1. The van der Waals surface area contributed by atoms with Crippen LogP contribution in [0.15, 0.2) is 46.1 Å². The predicted octanol–water partition coefficient (Wildman–Crippen LogP) is 3.33. The van der Waals surface area contributed by atoms with Crippen molar-refractivity contribution in [2.45, 2.75) is 18.9 Å². The molecule has 0 bridgehead atoms. The van der Waals surface area contributed by atoms with E-state index in [0.29, 0.717) is 5.92 Å². The Kier molecular flexibility index (Phi) is 7.94. The summed E-state index contributed by atoms with van der Waals surface area (Å²) in [6, 6.07) is 10.6. The summed E-state index contributed by atoms with van der Waals surface area (Å²) in [7, 11) is 7.67. The van der Waals surface area contributed by atoms with Gasteiger partial charge in [-0.15, -0.1) is 0 Å². The van der Waals surface area contributed by atoms with E-state index in [9.17, 15) is 0 Å². The van der Waals surface area contributed by atoms with Crippen LogP contribution in [0.4, 0.5) is 0 Å². The number of hydrogen-bond donors (Lipinski definition) is 2. The van der Waals surface area contributed by atoms with E-state index in [1.807, 2.05) is 12.1 Å². The molecule has 1 aromatic carbocycles. The van der Waals surface area contributed by atoms with Gasteiger partial charge in [-0.25, -0.2) is 0 Å². The van der Waals surface area contributed by atoms with Gasteiger partial charge < -0.3 is 20.3 Å². The lowest BCUT2D eigenvalue weighted by atomic mass is 10.1. The first kappa shape index (κ1) is 20.3. The molecule has 0 saturated carbocycles. The second-order valence-corrected chi connectivity index (χ2v) is 7.33. The van der Waals surface area contributed by atoms with Crippen molar-refractivity contribution in [3.8, 4) is 5.75 Å². The third-order valence-corrected chi connectivity index (χ3v) is 5.18. The molecule has 0 fully saturated rings. The van der Waals surface area contributed by atoms with Crippen LogP contribution in [0.3, 0.4) is 0 Å². The zero-order valence-corrected chi connectivity index (χ0v) is 17.1. The molecule has 0 amide bonds. The molecule has 0 aliphatic rings. The lowest BCUT2D eigenvalue weighted by Crippen LogP contribution is -2.42. The van der Waals surface area contributed by atoms with E-state index < -0.39 is 0 Å². The van der Waals surface area contributed by atoms with E-state index in [4.69, 9.17) is 4.74 Å². The Morgan fingerprint density at radius 1 is 1.19 bits per heavy atom. The van der Waals surface area contributed by atoms with Gasteiger partial charge in [0.15, 0.2) is 5.96 Å². The van der Waals surface area contributed by atoms with Gasteiger partial charge >= 0.3 is 0 Å². The molecule has 0 radical (unpaired) electrons. The lowest BCUT2D eigenvalue weighted by molar-refractivity contribution is 0.297. The third-order valence-electron chi connectivity index (χ3n) is 4.48. The normalized spacial score (nSPS) is 14.2. The fourth-order valence-corrected chi connectivity index (χ4v) is 3.57. The van der Waals surface area contributed by atoms with E-state index in [2.05, 4.69) is 70.5 Å². The summed E-state index contributed by atoms with van der Waals surface area (Å²) in [5.74, 6) is 2.14. The minimum absolute atomic E-state index is 0.220. The number of guanidine groups is 1. The molecule has 1 heterocycles. The number of methoxy groups -OCH3 is 1. The minimum Gasteiger partial charge on any atom is -0.497 e. The van der Waals surface area contributed by atoms with Gasteiger partial charge in [-0.2, -0.15) is 11.3 Å². The molecule has 26 heavy (non-hydrogen) atoms. The van der Waals surface area contributed by atoms with Crippen LogP contribution < -0.4 is 15.4 Å². The maximum absolute atomic E-state index is 5.36. The zero-order valence-electron chi connectivity index (χ0n) is 16.3. The SMILES string of the molecule is CN=C(NCC(C)c1ccsc1)NCC(c1cccc(OC)c1)N(C)C. The second-order valence-electron chi connectivity index (χ2n) is 6.55. The van der Waals surface area contributed by atoms with Gasteiger partial charge in [0.1, 0.15) is 5.75 Å². The number of aliphatic imine (C=N–C) groups is 1. The zero-order chi connectivity index (χ0) is 18.9. The molecule has 2 atom stereocenters. The Balaban J connectivity index is 1.93. The Labute approximate surface area is 161 Å². The first-order valence-electron chi connectivity index (χ1n) is 8.82. The summed E-state index contributed by atoms with van der Waals surface area (Å²) < 4.78 is 5.36. The molecular weight excluding hydrogens is 344 g/mol. The first-order valence-corrected chi connectivity index (χ1v) is 9.76. The van der Waals surface area contributed by atoms with E-state index in [-0.39, 0.29) is 6.04 Å². The molecular formula is C20H30N4OS. The Hall–Kier alpha value is -2.05. The van der Waals surface area contributed by atoms with Gasteiger partial charge in [0.25, 0.3) is 0 Å². The molecule has 0 aliphatic carbocycles. The number of rotatable bonds is 8. The highest BCUT2D eigenvalue weighted by Crippen LogP contribution is 2.22. The fourth-order valence-electron chi connectivity index (χ4n) is 2.78. The number of ether oxygens (including phenoxy) is 1. The maximum Gasteiger partial charge on any atom is 0.191 e. The number of hydrogen-bond acceptors (Lipinski definition) is 4. The molecule has 2 N–H and O–H groups in total. The summed E-state index contributed by atoms with van der Waals surface area (Å²) in [6.45, 7) is 3.83. The predicted molar refractivity (Wildman–Crippen MR) is 112 cm³/mol. The Morgan fingerprint density at radius 3 is 2.58 bits per heavy atom. The van der Waals surface area contributed by atoms with Gasteiger partial charge in [-0.05, 0) is 60.1 Å². The summed E-state index contributed by atoms with van der Waals surface area (Å²) in [5.41, 5.74) is 2.57. The number of nitrogens with zero attached hydrogens (tertiary/aromatic N) is 2. The van der Waals surface area contributed by atoms with Crippen LogP contribution in [-0.4, -0.2) is 52.2 Å². The van der Waals surface area contributed by atoms with Crippen LogP contribution in [-0.2, 0) is 0 Å². The van der Waals surface area contributed by atoms with Gasteiger partial charge in [0.2, 0.25) is 0 Å². The van der Waals surface area contributed by atoms with Crippen molar-refractivity contribution in [1.29, 1.82) is 0 Å². The standard InChI is InChI=1S/C20H30N4OS/c1-15(17-9-10-26-14-17)12-22-20(21-2)23-13-19(24(3)4)16-7-6-8-18(11-16)25-5/h6-11,14-15,19H,12-13H2,1-5H3,(H2,21,22,23). The van der Waals surface area contributed by atoms with Crippen LogP contribution in [0.1, 0.15) is 30.0 Å². The molecule has 0 aliphatic heterocycles. The van der Waals surface area contributed by atoms with Crippen molar-refractivity contribution in [2.75, 3.05) is 41.3 Å². The Bertz CT molecular complexity index is 685. The molecule has 0 saturated heterocycles. The molecule has 2 aromatic rings. The Morgan fingerprint density at radius 2 is 1.96 bits per heavy atom. The van der Waals surface area contributed by atoms with Crippen molar-refractivity contribution < 1.29 is 4.74 Å². The quantitative estimate of drug-likeness (QED) is 0.550. The maximum atomic E-state index is 5.36. The highest BCUT2D eigenvalue weighted by molar-refractivity contribution is 7.07. The van der Waals surface area contributed by atoms with E-state index in [0.717, 1.165) is 24.8 Å². The number of thiophene rings is 1. The van der Waals surface area contributed by atoms with E-state index in [1.54, 1.807) is 25.5 Å². The largest absolute Gasteiger partial charge is 0.497 e. The fraction of sp³-hybridized carbons (Fsp3) is 0.450. The van der Waals surface area contributed by atoms with Crippen LogP contribution in [0.2, 0.25) is 0 Å². The van der Waals surface area contributed by atoms with Crippen molar-refractivity contribution in [1.82, 2.24) is 15.5 Å². The van der Waals surface area contributed by atoms with Crippen molar-refractivity contribution >= 4 is 17.3 Å². The van der Waals surface area contributed by atoms with Crippen LogP contribution >= 0.6 is 11.3 Å². The highest BCUT2D eigenvalue weighted by Gasteiger charge is 2.16. The molecule has 1 aromatic heterocycles. The van der Waals surface area contributed by atoms with Crippen LogP contribution in [0, 0.1) is 0 Å². The molecule has 0 spiro atoms. The number of benzene rings is 1. The summed E-state index contributed by atoms with van der Waals surface area (Å²) in [6.07, 6.45) is 0. The van der Waals surface area contributed by atoms with Crippen molar-refractivity contribution in [3.05, 3.63) is 52.2 Å². The summed E-state index contributed by atoms with van der Waals surface area (Å²) in [5, 5.41) is 11.2. The monoisotopic (exact) mass is 374 g/mol. The summed E-state index contributed by atoms with van der Waals surface area (Å²) in [4.78, 5) is 6.55. The highest BCUT2D eigenvalue weighted by atomic mass is 32.1. The number of nitrogens with one attached hydrogen (secondary N) is 2. The van der Waals surface area contributed by atoms with E-state index in [1.165, 1.54) is 11.1 Å². The van der Waals surface area contributed by atoms with Gasteiger partial charge in [0, 0.05) is 20.1 Å². The molecule has 142 valence electrons. The average molecular weight is 375 g/mol. The van der Waals surface area contributed by atoms with Gasteiger partial charge in [-0.3, -0.25) is 4.99 Å². The topological polar surface area (TPSA) is 48.9 Å². The van der Waals surface area contributed by atoms with Gasteiger partial charge in [0.05, 0.1) is 13.2 Å². The molecule has 2 unspecified atom stereocenters. The third kappa shape index (κ3) is 5.75. The second kappa shape index (κ2) is 10.2. The molecule has 5 nitrogen and oxygen atoms in total. The molecule has 6 heteroatoms. The van der Waals surface area contributed by atoms with Crippen molar-refractivity contribution in [2.24, 2.45) is 4.99 Å². The van der Waals surface area contributed by atoms with E-state index >= 15 is 0 Å². The van der Waals surface area contributed by atoms with Gasteiger partial charge in [-0.1, -0.05) is 19.1 Å². The smallest absolute Gasteiger partial charge is 0.191 e. The lowest BCUT2D eigenvalue weighted by Gasteiger charge is -2.26. The van der Waals surface area contributed by atoms with Crippen LogP contribution in [0.5, 0.6) is 5.75 Å². The van der Waals surface area contributed by atoms with Crippen LogP contribution in [0.25, 0.3) is 0 Å². The first-order chi connectivity index (χ1) is 12.5. The molecule has 2 rings (SSSR count). The minimum atomic E-state index is 0.220. The average Bonchev–Trinajstić information content (AvgIpc) is 3.19. The summed E-state index contributed by atoms with van der Waals surface area (Å²) >= 11 is 1.74.